The Morgan fingerprint density at radius 1 is 0.828 bits per heavy atom. The maximum Gasteiger partial charge on any atom is 0.119 e. The molecule has 0 aliphatic heterocycles. The Bertz CT molecular complexity index is 1130. The Morgan fingerprint density at radius 3 is 2.24 bits per heavy atom. The van der Waals surface area contributed by atoms with E-state index in [-0.39, 0.29) is 0 Å². The largest absolute Gasteiger partial charge is 0.497 e. The van der Waals surface area contributed by atoms with Gasteiger partial charge in [0.1, 0.15) is 11.5 Å². The highest BCUT2D eigenvalue weighted by Gasteiger charge is 2.30. The van der Waals surface area contributed by atoms with E-state index in [0.717, 1.165) is 23.4 Å². The molecule has 1 aliphatic carbocycles. The Hall–Kier alpha value is -3.20. The summed E-state index contributed by atoms with van der Waals surface area (Å²) >= 11 is 0. The molecule has 1 aliphatic rings. The van der Waals surface area contributed by atoms with Gasteiger partial charge >= 0.3 is 0 Å². The second-order valence-corrected chi connectivity index (χ2v) is 7.02. The lowest BCUT2D eigenvalue weighted by Gasteiger charge is -2.26. The van der Waals surface area contributed by atoms with Crippen LogP contribution >= 0.6 is 0 Å². The molecule has 3 aromatic carbocycles. The summed E-state index contributed by atoms with van der Waals surface area (Å²) in [7, 11) is 3.44. The van der Waals surface area contributed by atoms with Gasteiger partial charge in [-0.2, -0.15) is 0 Å². The first kappa shape index (κ1) is 19.1. The lowest BCUT2D eigenvalue weighted by molar-refractivity contribution is 0.414. The van der Waals surface area contributed by atoms with Gasteiger partial charge in [0.15, 0.2) is 0 Å². The van der Waals surface area contributed by atoms with Crippen LogP contribution in [0.3, 0.4) is 0 Å². The van der Waals surface area contributed by atoms with Gasteiger partial charge in [-0.25, -0.2) is 0 Å². The van der Waals surface area contributed by atoms with Crippen molar-refractivity contribution in [1.29, 1.82) is 0 Å². The Morgan fingerprint density at radius 2 is 1.52 bits per heavy atom. The fourth-order valence-electron chi connectivity index (χ4n) is 4.29. The predicted octanol–water partition coefficient (Wildman–Crippen LogP) is 6.57. The lowest BCUT2D eigenvalue weighted by atomic mass is 9.77. The molecule has 0 spiro atoms. The van der Waals surface area contributed by atoms with E-state index in [1.54, 1.807) is 14.2 Å². The molecule has 0 fully saturated rings. The third-order valence-electron chi connectivity index (χ3n) is 5.60. The minimum absolute atomic E-state index is 0.293. The van der Waals surface area contributed by atoms with Gasteiger partial charge in [-0.3, -0.25) is 0 Å². The van der Waals surface area contributed by atoms with E-state index in [9.17, 15) is 0 Å². The third-order valence-corrected chi connectivity index (χ3v) is 5.60. The zero-order chi connectivity index (χ0) is 20.4. The molecule has 0 radical (unpaired) electrons. The maximum absolute atomic E-state index is 5.49. The van der Waals surface area contributed by atoms with Crippen LogP contribution in [0.25, 0.3) is 22.2 Å². The zero-order valence-electron chi connectivity index (χ0n) is 17.5. The predicted molar refractivity (Wildman–Crippen MR) is 120 cm³/mol. The molecule has 3 heteroatoms. The first-order valence-corrected chi connectivity index (χ1v) is 10.2. The number of aromatic nitrogens is 1. The molecule has 148 valence electrons. The lowest BCUT2D eigenvalue weighted by Crippen LogP contribution is -2.12. The SMILES string of the molecule is CC.COc1ccc2c(c1)CC(c1ccccc1)c1c-2[nH]c2ccc(OC)cc12. The van der Waals surface area contributed by atoms with Crippen molar-refractivity contribution in [2.24, 2.45) is 0 Å². The van der Waals surface area contributed by atoms with Crippen molar-refractivity contribution in [3.8, 4) is 22.8 Å². The summed E-state index contributed by atoms with van der Waals surface area (Å²) in [5.41, 5.74) is 7.60. The molecular formula is C26H27NO2. The van der Waals surface area contributed by atoms with E-state index in [4.69, 9.17) is 9.47 Å². The van der Waals surface area contributed by atoms with Gasteiger partial charge in [-0.1, -0.05) is 44.2 Å². The molecule has 29 heavy (non-hydrogen) atoms. The number of methoxy groups -OCH3 is 2. The van der Waals surface area contributed by atoms with Crippen LogP contribution in [0.4, 0.5) is 0 Å². The first-order chi connectivity index (χ1) is 14.3. The van der Waals surface area contributed by atoms with E-state index in [1.807, 2.05) is 26.0 Å². The standard InChI is InChI=1S/C24H21NO2.C2H6/c1-26-17-8-10-19-16(12-17)13-20(15-6-4-3-5-7-15)23-21-14-18(27-2)9-11-22(21)25-24(19)23;1-2/h3-12,14,20,25H,13H2,1-2H3;1-2H3. The molecule has 1 atom stereocenters. The number of aromatic amines is 1. The molecular weight excluding hydrogens is 358 g/mol. The van der Waals surface area contributed by atoms with Crippen LogP contribution in [0, 0.1) is 0 Å². The number of hydrogen-bond donors (Lipinski definition) is 1. The third kappa shape index (κ3) is 3.27. The Labute approximate surface area is 172 Å². The van der Waals surface area contributed by atoms with E-state index in [1.165, 1.54) is 33.3 Å². The van der Waals surface area contributed by atoms with Crippen molar-refractivity contribution in [3.63, 3.8) is 0 Å². The highest BCUT2D eigenvalue weighted by Crippen LogP contribution is 2.47. The smallest absolute Gasteiger partial charge is 0.119 e. The van der Waals surface area contributed by atoms with E-state index in [2.05, 4.69) is 59.6 Å². The van der Waals surface area contributed by atoms with Crippen LogP contribution in [0.1, 0.15) is 36.5 Å². The second kappa shape index (κ2) is 8.04. The summed E-state index contributed by atoms with van der Waals surface area (Å²) in [6.45, 7) is 4.00. The fraction of sp³-hybridized carbons (Fsp3) is 0.231. The minimum Gasteiger partial charge on any atom is -0.497 e. The fourth-order valence-corrected chi connectivity index (χ4v) is 4.29. The van der Waals surface area contributed by atoms with Crippen LogP contribution in [-0.4, -0.2) is 19.2 Å². The summed E-state index contributed by atoms with van der Waals surface area (Å²) in [4.78, 5) is 3.66. The molecule has 1 N–H and O–H groups in total. The van der Waals surface area contributed by atoms with Gasteiger partial charge in [0, 0.05) is 22.4 Å². The van der Waals surface area contributed by atoms with E-state index < -0.39 is 0 Å². The molecule has 1 unspecified atom stereocenters. The summed E-state index contributed by atoms with van der Waals surface area (Å²) in [6, 6.07) is 23.4. The molecule has 5 rings (SSSR count). The molecule has 0 bridgehead atoms. The number of H-pyrrole nitrogens is 1. The second-order valence-electron chi connectivity index (χ2n) is 7.02. The average Bonchev–Trinajstić information content (AvgIpc) is 3.19. The van der Waals surface area contributed by atoms with Crippen molar-refractivity contribution in [2.45, 2.75) is 26.2 Å². The highest BCUT2D eigenvalue weighted by molar-refractivity contribution is 5.94. The van der Waals surface area contributed by atoms with Gasteiger partial charge in [0.2, 0.25) is 0 Å². The zero-order valence-corrected chi connectivity index (χ0v) is 17.5. The molecule has 0 saturated heterocycles. The van der Waals surface area contributed by atoms with E-state index >= 15 is 0 Å². The number of benzene rings is 3. The Balaban J connectivity index is 0.000000994. The summed E-state index contributed by atoms with van der Waals surface area (Å²) in [5, 5.41) is 1.24. The number of fused-ring (bicyclic) bond motifs is 5. The van der Waals surface area contributed by atoms with Gasteiger partial charge in [0.25, 0.3) is 0 Å². The molecule has 3 nitrogen and oxygen atoms in total. The van der Waals surface area contributed by atoms with Crippen LogP contribution in [0.2, 0.25) is 0 Å². The topological polar surface area (TPSA) is 34.2 Å². The monoisotopic (exact) mass is 385 g/mol. The quantitative estimate of drug-likeness (QED) is 0.433. The summed E-state index contributed by atoms with van der Waals surface area (Å²) < 4.78 is 11.0. The van der Waals surface area contributed by atoms with Crippen LogP contribution in [0.15, 0.2) is 66.7 Å². The number of nitrogens with one attached hydrogen (secondary N) is 1. The van der Waals surface area contributed by atoms with Gasteiger partial charge in [0.05, 0.1) is 19.9 Å². The van der Waals surface area contributed by atoms with Crippen molar-refractivity contribution in [2.75, 3.05) is 14.2 Å². The van der Waals surface area contributed by atoms with Crippen molar-refractivity contribution in [1.82, 2.24) is 4.98 Å². The normalized spacial score (nSPS) is 14.4. The molecule has 1 aromatic heterocycles. The van der Waals surface area contributed by atoms with Gasteiger partial charge in [-0.05, 0) is 59.5 Å². The van der Waals surface area contributed by atoms with Gasteiger partial charge in [-0.15, -0.1) is 0 Å². The maximum atomic E-state index is 5.49. The van der Waals surface area contributed by atoms with Crippen molar-refractivity contribution < 1.29 is 9.47 Å². The highest BCUT2D eigenvalue weighted by atomic mass is 16.5. The van der Waals surface area contributed by atoms with Gasteiger partial charge < -0.3 is 14.5 Å². The summed E-state index contributed by atoms with van der Waals surface area (Å²) in [5.74, 6) is 2.08. The molecule has 0 saturated carbocycles. The van der Waals surface area contributed by atoms with Crippen molar-refractivity contribution in [3.05, 3.63) is 83.4 Å². The number of ether oxygens (including phenoxy) is 2. The minimum atomic E-state index is 0.293. The number of hydrogen-bond acceptors (Lipinski definition) is 2. The first-order valence-electron chi connectivity index (χ1n) is 10.2. The molecule has 1 heterocycles. The number of rotatable bonds is 3. The summed E-state index contributed by atoms with van der Waals surface area (Å²) in [6.07, 6.45) is 0.952. The average molecular weight is 386 g/mol. The van der Waals surface area contributed by atoms with E-state index in [0.29, 0.717) is 5.92 Å². The Kier molecular flexibility index (Phi) is 5.30. The van der Waals surface area contributed by atoms with Crippen LogP contribution in [-0.2, 0) is 6.42 Å². The van der Waals surface area contributed by atoms with Crippen LogP contribution < -0.4 is 9.47 Å². The van der Waals surface area contributed by atoms with Crippen LogP contribution in [0.5, 0.6) is 11.5 Å². The molecule has 0 amide bonds. The molecule has 4 aromatic rings. The van der Waals surface area contributed by atoms with Crippen molar-refractivity contribution >= 4 is 10.9 Å².